The molecule has 0 saturated carbocycles. The van der Waals surface area contributed by atoms with Gasteiger partial charge in [0.1, 0.15) is 11.2 Å². The maximum atomic E-state index is 6.29. The Hall–Kier alpha value is -14.8. The number of aromatic nitrogens is 6. The highest BCUT2D eigenvalue weighted by molar-refractivity contribution is 7.27. The summed E-state index contributed by atoms with van der Waals surface area (Å²) in [5, 5.41) is 26.3. The summed E-state index contributed by atoms with van der Waals surface area (Å²) in [4.78, 5) is 0. The SMILES string of the molecule is CC(C)(C)c1ccc(-n2c3ccccc3c3cc4c(cc32)sc2ccccc24)cc1.CC(C)(C)c1cccc2c1sc1cc3c(cc12)c1ccccc1n3-c1ccccc1.CC(C)(C)n1c2ccccc2c2c3c(ccc21)c1ccccc1n3-c1ccccc1.CC(C)(C)n1c2ccccc2c2c3oc4ccccc4c3ccc21.CC(C)(C)n1c2ccccc2c2c3sc4ccccc4c3ccc21. The summed E-state index contributed by atoms with van der Waals surface area (Å²) >= 11 is 5.73. The van der Waals surface area contributed by atoms with Gasteiger partial charge < -0.3 is 31.8 Å². The van der Waals surface area contributed by atoms with Gasteiger partial charge in [-0.05, 0) is 224 Å². The first kappa shape index (κ1) is 86.1. The number of furan rings is 1. The van der Waals surface area contributed by atoms with Gasteiger partial charge in [0, 0.05) is 181 Å². The number of hydrogen-bond donors (Lipinski definition) is 0. The van der Waals surface area contributed by atoms with Crippen molar-refractivity contribution in [3.63, 3.8) is 0 Å². The Kier molecular flexibility index (Phi) is 20.2. The molecule has 138 heavy (non-hydrogen) atoms. The van der Waals surface area contributed by atoms with Crippen molar-refractivity contribution < 1.29 is 4.42 Å². The van der Waals surface area contributed by atoms with Gasteiger partial charge in [0.2, 0.25) is 0 Å². The molecule has 10 aromatic heterocycles. The number of benzene rings is 18. The van der Waals surface area contributed by atoms with Crippen LogP contribution in [0.4, 0.5) is 0 Å². The van der Waals surface area contributed by atoms with Crippen LogP contribution in [0.3, 0.4) is 0 Å². The molecule has 10 heterocycles. The number of thiophene rings is 3. The molecule has 0 aliphatic rings. The number of rotatable bonds is 3. The Morgan fingerprint density at radius 3 is 1.09 bits per heavy atom. The molecular weight excluding hydrogens is 1730 g/mol. The number of hydrogen-bond acceptors (Lipinski definition) is 4. The Morgan fingerprint density at radius 2 is 0.565 bits per heavy atom. The highest BCUT2D eigenvalue weighted by Crippen LogP contribution is 2.51. The molecule has 674 valence electrons. The van der Waals surface area contributed by atoms with Crippen molar-refractivity contribution >= 4 is 247 Å². The van der Waals surface area contributed by atoms with Crippen LogP contribution in [0, 0.1) is 0 Å². The van der Waals surface area contributed by atoms with Crippen molar-refractivity contribution in [1.82, 2.24) is 27.4 Å². The van der Waals surface area contributed by atoms with Crippen LogP contribution in [0.15, 0.2) is 387 Å². The first-order chi connectivity index (χ1) is 66.7. The van der Waals surface area contributed by atoms with Crippen molar-refractivity contribution in [2.75, 3.05) is 0 Å². The monoisotopic (exact) mass is 1840 g/mol. The molecule has 0 N–H and O–H groups in total. The molecule has 0 spiro atoms. The largest absolute Gasteiger partial charge is 0.455 e. The topological polar surface area (TPSA) is 42.7 Å². The summed E-state index contributed by atoms with van der Waals surface area (Å²) in [7, 11) is 0. The van der Waals surface area contributed by atoms with Gasteiger partial charge in [0.15, 0.2) is 0 Å². The highest BCUT2D eigenvalue weighted by atomic mass is 32.1. The molecule has 0 atom stereocenters. The van der Waals surface area contributed by atoms with Crippen LogP contribution in [0.1, 0.15) is 115 Å². The molecular formula is C128H108N6OS3. The van der Waals surface area contributed by atoms with E-state index in [4.69, 9.17) is 4.42 Å². The van der Waals surface area contributed by atoms with E-state index in [9.17, 15) is 0 Å². The first-order valence-electron chi connectivity index (χ1n) is 48.3. The fourth-order valence-electron chi connectivity index (χ4n) is 22.3. The smallest absolute Gasteiger partial charge is 0.145 e. The maximum absolute atomic E-state index is 6.29. The molecule has 0 aliphatic heterocycles. The van der Waals surface area contributed by atoms with E-state index in [1.54, 1.807) is 0 Å². The minimum Gasteiger partial charge on any atom is -0.455 e. The summed E-state index contributed by atoms with van der Waals surface area (Å²) in [6.07, 6.45) is 0. The second kappa shape index (κ2) is 32.5. The fraction of sp³-hybridized carbons (Fsp3) is 0.156. The lowest BCUT2D eigenvalue weighted by Crippen LogP contribution is -2.21. The Balaban J connectivity index is 0.0000000942. The van der Waals surface area contributed by atoms with E-state index in [0.29, 0.717) is 0 Å². The van der Waals surface area contributed by atoms with Gasteiger partial charge in [-0.15, -0.1) is 34.0 Å². The third kappa shape index (κ3) is 14.0. The number of fused-ring (bicyclic) bond motifs is 33. The zero-order valence-corrected chi connectivity index (χ0v) is 83.1. The summed E-state index contributed by atoms with van der Waals surface area (Å²) in [5.74, 6) is 0. The van der Waals surface area contributed by atoms with E-state index >= 15 is 0 Å². The van der Waals surface area contributed by atoms with Gasteiger partial charge in [-0.2, -0.15) is 0 Å². The van der Waals surface area contributed by atoms with Gasteiger partial charge in [0.05, 0.1) is 55.0 Å². The lowest BCUT2D eigenvalue weighted by molar-refractivity contribution is 0.423. The molecule has 0 aliphatic carbocycles. The zero-order valence-electron chi connectivity index (χ0n) is 80.7. The molecule has 28 aromatic rings. The van der Waals surface area contributed by atoms with E-state index in [-0.39, 0.29) is 27.4 Å². The van der Waals surface area contributed by atoms with Gasteiger partial charge in [-0.25, -0.2) is 0 Å². The van der Waals surface area contributed by atoms with Crippen molar-refractivity contribution in [3.8, 4) is 17.1 Å². The lowest BCUT2D eigenvalue weighted by Gasteiger charge is -2.24. The highest BCUT2D eigenvalue weighted by Gasteiger charge is 2.30. The van der Waals surface area contributed by atoms with Crippen LogP contribution in [-0.2, 0) is 27.4 Å². The summed E-state index contributed by atoms with van der Waals surface area (Å²) in [5.41, 5.74) is 24.0. The standard InChI is InChI=1S/C28H24N2.2C28H23NS.C22H19NO.C22H19NS/c1-28(2,3)30-24-16-10-8-14-22(24)26-25(30)18-17-21-20-13-7-9-15-23(20)29(27(21)26)19-11-5-4-6-12-19;1-28(2,3)18-12-14-19(15-13-18)29-24-10-6-4-8-20(24)22-16-23-21-9-5-7-11-26(21)30-27(23)17-25(22)29;1-28(2,3)23-14-9-13-20-22-16-21-19-12-7-8-15-24(19)29(18-10-5-4-6-11-18)25(21)17-26(22)30-27(20)23;2*1-22(2,3)23-17-10-6-4-9-16(17)20-18(23)13-12-15-14-8-5-7-11-19(14)24-21(15)20/h4-18H,1-3H3;2*4-17H,1-3H3;2*4-13H,1-3H3. The fourth-order valence-corrected chi connectivity index (χ4v) is 26.1. The van der Waals surface area contributed by atoms with E-state index in [0.717, 1.165) is 11.2 Å². The van der Waals surface area contributed by atoms with E-state index in [1.807, 2.05) is 46.1 Å². The van der Waals surface area contributed by atoms with Crippen molar-refractivity contribution in [1.29, 1.82) is 0 Å². The molecule has 0 saturated heterocycles. The van der Waals surface area contributed by atoms with Gasteiger partial charge in [0.25, 0.3) is 0 Å². The zero-order chi connectivity index (χ0) is 94.3. The third-order valence-corrected chi connectivity index (χ3v) is 31.7. The van der Waals surface area contributed by atoms with Crippen molar-refractivity contribution in [2.45, 2.75) is 131 Å². The normalized spacial score (nSPS) is 12.6. The van der Waals surface area contributed by atoms with Crippen molar-refractivity contribution in [2.24, 2.45) is 0 Å². The predicted octanol–water partition coefficient (Wildman–Crippen LogP) is 37.9. The lowest BCUT2D eigenvalue weighted by atomic mass is 9.86. The predicted molar refractivity (Wildman–Crippen MR) is 603 cm³/mol. The molecule has 18 aromatic carbocycles. The van der Waals surface area contributed by atoms with Crippen LogP contribution < -0.4 is 0 Å². The average Bonchev–Trinajstić information content (AvgIpc) is 1.54. The summed E-state index contributed by atoms with van der Waals surface area (Å²) in [6, 6.07) is 139. The molecule has 7 nitrogen and oxygen atoms in total. The van der Waals surface area contributed by atoms with Crippen LogP contribution >= 0.6 is 34.0 Å². The van der Waals surface area contributed by atoms with E-state index in [2.05, 4.69) is 501 Å². The molecule has 0 unspecified atom stereocenters. The summed E-state index contributed by atoms with van der Waals surface area (Å²) < 4.78 is 29.2. The number of para-hydroxylation sites is 9. The molecule has 0 amide bonds. The van der Waals surface area contributed by atoms with Gasteiger partial charge in [-0.3, -0.25) is 0 Å². The van der Waals surface area contributed by atoms with E-state index in [1.165, 1.54) is 230 Å². The minimum atomic E-state index is -0.0153. The average molecular weight is 1840 g/mol. The second-order valence-corrected chi connectivity index (χ2v) is 45.4. The van der Waals surface area contributed by atoms with Crippen molar-refractivity contribution in [3.05, 3.63) is 393 Å². The molecule has 10 heteroatoms. The Morgan fingerprint density at radius 1 is 0.203 bits per heavy atom. The first-order valence-corrected chi connectivity index (χ1v) is 50.7. The minimum absolute atomic E-state index is 0.00104. The van der Waals surface area contributed by atoms with Gasteiger partial charge in [-0.1, -0.05) is 284 Å². The maximum Gasteiger partial charge on any atom is 0.145 e. The quantitative estimate of drug-likeness (QED) is 0.174. The van der Waals surface area contributed by atoms with Crippen LogP contribution in [0.25, 0.3) is 230 Å². The Labute approximate surface area is 814 Å². The third-order valence-electron chi connectivity index (χ3n) is 28.1. The van der Waals surface area contributed by atoms with Crippen LogP contribution in [0.5, 0.6) is 0 Å². The van der Waals surface area contributed by atoms with Crippen LogP contribution in [0.2, 0.25) is 0 Å². The molecule has 0 bridgehead atoms. The van der Waals surface area contributed by atoms with E-state index < -0.39 is 0 Å². The Bertz CT molecular complexity index is 9540. The van der Waals surface area contributed by atoms with Crippen LogP contribution in [-0.4, -0.2) is 27.4 Å². The summed E-state index contributed by atoms with van der Waals surface area (Å²) in [6.45, 7) is 34.2. The molecule has 28 rings (SSSR count). The van der Waals surface area contributed by atoms with Gasteiger partial charge >= 0.3 is 0 Å². The number of nitrogens with zero attached hydrogens (tertiary/aromatic N) is 6. The molecule has 0 fully saturated rings. The second-order valence-electron chi connectivity index (χ2n) is 42.2. The molecule has 0 radical (unpaired) electrons.